The molecule has 0 bridgehead atoms. The highest BCUT2D eigenvalue weighted by Gasteiger charge is 2.21. The lowest BCUT2D eigenvalue weighted by atomic mass is 10.0. The van der Waals surface area contributed by atoms with Crippen molar-refractivity contribution in [3.63, 3.8) is 0 Å². The van der Waals surface area contributed by atoms with Gasteiger partial charge < -0.3 is 10.5 Å². The monoisotopic (exact) mass is 248 g/mol. The molecule has 2 N–H and O–H groups in total. The topological polar surface area (TPSA) is 38.5 Å². The van der Waals surface area contributed by atoms with Gasteiger partial charge in [0.2, 0.25) is 0 Å². The van der Waals surface area contributed by atoms with E-state index in [2.05, 4.69) is 36.1 Å². The van der Waals surface area contributed by atoms with Gasteiger partial charge in [-0.2, -0.15) is 0 Å². The van der Waals surface area contributed by atoms with Crippen LogP contribution in [-0.4, -0.2) is 37.2 Å². The molecule has 18 heavy (non-hydrogen) atoms. The molecular weight excluding hydrogens is 224 g/mol. The van der Waals surface area contributed by atoms with Gasteiger partial charge in [0.25, 0.3) is 0 Å². The summed E-state index contributed by atoms with van der Waals surface area (Å²) in [7, 11) is 0. The second-order valence-electron chi connectivity index (χ2n) is 4.98. The van der Waals surface area contributed by atoms with Crippen LogP contribution in [0.5, 0.6) is 0 Å². The standard InChI is InChI=1S/C15H24N2O/c1-2-14-12-18-11-10-17(14)9-8-15(16)13-6-4-3-5-7-13/h3-7,14-15H,2,8-12,16H2,1H3. The first-order valence-corrected chi connectivity index (χ1v) is 6.93. The Morgan fingerprint density at radius 2 is 2.17 bits per heavy atom. The Labute approximate surface area is 110 Å². The highest BCUT2D eigenvalue weighted by Crippen LogP contribution is 2.17. The Hall–Kier alpha value is -0.900. The number of ether oxygens (including phenoxy) is 1. The molecular formula is C15H24N2O. The minimum Gasteiger partial charge on any atom is -0.378 e. The molecule has 3 nitrogen and oxygen atoms in total. The average molecular weight is 248 g/mol. The lowest BCUT2D eigenvalue weighted by molar-refractivity contribution is -0.00964. The smallest absolute Gasteiger partial charge is 0.0622 e. The molecule has 3 heteroatoms. The summed E-state index contributed by atoms with van der Waals surface area (Å²) in [5.74, 6) is 0. The maximum Gasteiger partial charge on any atom is 0.0622 e. The Bertz CT molecular complexity index is 342. The van der Waals surface area contributed by atoms with Crippen LogP contribution in [0.3, 0.4) is 0 Å². The zero-order chi connectivity index (χ0) is 12.8. The second kappa shape index (κ2) is 6.88. The van der Waals surface area contributed by atoms with Crippen molar-refractivity contribution in [3.8, 4) is 0 Å². The zero-order valence-electron chi connectivity index (χ0n) is 11.2. The van der Waals surface area contributed by atoms with Gasteiger partial charge in [0.1, 0.15) is 0 Å². The van der Waals surface area contributed by atoms with E-state index < -0.39 is 0 Å². The Balaban J connectivity index is 1.83. The van der Waals surface area contributed by atoms with Crippen molar-refractivity contribution in [2.75, 3.05) is 26.3 Å². The van der Waals surface area contributed by atoms with E-state index >= 15 is 0 Å². The fourth-order valence-electron chi connectivity index (χ4n) is 2.53. The second-order valence-corrected chi connectivity index (χ2v) is 4.98. The normalized spacial score (nSPS) is 22.9. The van der Waals surface area contributed by atoms with E-state index in [0.29, 0.717) is 6.04 Å². The van der Waals surface area contributed by atoms with Gasteiger partial charge in [-0.1, -0.05) is 37.3 Å². The van der Waals surface area contributed by atoms with E-state index in [-0.39, 0.29) is 6.04 Å². The summed E-state index contributed by atoms with van der Waals surface area (Å²) < 4.78 is 5.52. The van der Waals surface area contributed by atoms with Gasteiger partial charge in [-0.3, -0.25) is 4.90 Å². The molecule has 1 saturated heterocycles. The maximum atomic E-state index is 6.24. The molecule has 2 rings (SSSR count). The molecule has 1 aromatic carbocycles. The van der Waals surface area contributed by atoms with Crippen LogP contribution in [0.25, 0.3) is 0 Å². The molecule has 0 radical (unpaired) electrons. The van der Waals surface area contributed by atoms with Crippen molar-refractivity contribution in [1.29, 1.82) is 0 Å². The van der Waals surface area contributed by atoms with E-state index in [1.54, 1.807) is 0 Å². The number of hydrogen-bond acceptors (Lipinski definition) is 3. The van der Waals surface area contributed by atoms with Crippen molar-refractivity contribution >= 4 is 0 Å². The van der Waals surface area contributed by atoms with Crippen LogP contribution < -0.4 is 5.73 Å². The van der Waals surface area contributed by atoms with E-state index in [1.807, 2.05) is 6.07 Å². The van der Waals surface area contributed by atoms with Crippen molar-refractivity contribution in [2.45, 2.75) is 31.8 Å². The third-order valence-corrected chi connectivity index (χ3v) is 3.78. The Morgan fingerprint density at radius 1 is 1.39 bits per heavy atom. The number of hydrogen-bond donors (Lipinski definition) is 1. The summed E-state index contributed by atoms with van der Waals surface area (Å²) in [5.41, 5.74) is 7.48. The van der Waals surface area contributed by atoms with Gasteiger partial charge in [0.05, 0.1) is 13.2 Å². The van der Waals surface area contributed by atoms with Crippen LogP contribution in [0.4, 0.5) is 0 Å². The highest BCUT2D eigenvalue weighted by atomic mass is 16.5. The molecule has 1 aliphatic rings. The van der Waals surface area contributed by atoms with Gasteiger partial charge in [-0.25, -0.2) is 0 Å². The zero-order valence-corrected chi connectivity index (χ0v) is 11.2. The molecule has 2 atom stereocenters. The number of rotatable bonds is 5. The van der Waals surface area contributed by atoms with E-state index in [4.69, 9.17) is 10.5 Å². The van der Waals surface area contributed by atoms with Gasteiger partial charge in [-0.15, -0.1) is 0 Å². The molecule has 1 aliphatic heterocycles. The number of benzene rings is 1. The molecule has 0 amide bonds. The lowest BCUT2D eigenvalue weighted by Gasteiger charge is -2.35. The van der Waals surface area contributed by atoms with Crippen LogP contribution >= 0.6 is 0 Å². The van der Waals surface area contributed by atoms with Crippen LogP contribution in [0, 0.1) is 0 Å². The summed E-state index contributed by atoms with van der Waals surface area (Å²) in [4.78, 5) is 2.52. The third-order valence-electron chi connectivity index (χ3n) is 3.78. The van der Waals surface area contributed by atoms with Crippen LogP contribution in [0.1, 0.15) is 31.4 Å². The van der Waals surface area contributed by atoms with Crippen molar-refractivity contribution in [1.82, 2.24) is 4.90 Å². The number of morpholine rings is 1. The molecule has 2 unspecified atom stereocenters. The Morgan fingerprint density at radius 3 is 2.89 bits per heavy atom. The first-order chi connectivity index (χ1) is 8.81. The number of nitrogens with two attached hydrogens (primary N) is 1. The first kappa shape index (κ1) is 13.5. The predicted octanol–water partition coefficient (Wildman–Crippen LogP) is 2.19. The van der Waals surface area contributed by atoms with Gasteiger partial charge >= 0.3 is 0 Å². The van der Waals surface area contributed by atoms with Gasteiger partial charge in [0.15, 0.2) is 0 Å². The van der Waals surface area contributed by atoms with Crippen molar-refractivity contribution < 1.29 is 4.74 Å². The molecule has 100 valence electrons. The number of nitrogens with zero attached hydrogens (tertiary/aromatic N) is 1. The van der Waals surface area contributed by atoms with E-state index in [9.17, 15) is 0 Å². The lowest BCUT2D eigenvalue weighted by Crippen LogP contribution is -2.45. The molecule has 1 aromatic rings. The fourth-order valence-corrected chi connectivity index (χ4v) is 2.53. The van der Waals surface area contributed by atoms with Crippen LogP contribution in [0.2, 0.25) is 0 Å². The maximum absolute atomic E-state index is 6.24. The SMILES string of the molecule is CCC1COCCN1CCC(N)c1ccccc1. The van der Waals surface area contributed by atoms with E-state index in [1.165, 1.54) is 5.56 Å². The summed E-state index contributed by atoms with van der Waals surface area (Å²) in [6.07, 6.45) is 2.17. The summed E-state index contributed by atoms with van der Waals surface area (Å²) in [6, 6.07) is 11.1. The van der Waals surface area contributed by atoms with Gasteiger partial charge in [-0.05, 0) is 18.4 Å². The summed E-state index contributed by atoms with van der Waals surface area (Å²) in [5, 5.41) is 0. The summed E-state index contributed by atoms with van der Waals surface area (Å²) >= 11 is 0. The minimum atomic E-state index is 0.145. The molecule has 0 spiro atoms. The molecule has 0 saturated carbocycles. The van der Waals surface area contributed by atoms with Crippen molar-refractivity contribution in [3.05, 3.63) is 35.9 Å². The van der Waals surface area contributed by atoms with E-state index in [0.717, 1.165) is 39.1 Å². The summed E-state index contributed by atoms with van der Waals surface area (Å²) in [6.45, 7) is 6.07. The predicted molar refractivity (Wildman–Crippen MR) is 74.5 cm³/mol. The molecule has 0 aromatic heterocycles. The highest BCUT2D eigenvalue weighted by molar-refractivity contribution is 5.18. The largest absolute Gasteiger partial charge is 0.378 e. The minimum absolute atomic E-state index is 0.145. The molecule has 1 fully saturated rings. The van der Waals surface area contributed by atoms with Crippen LogP contribution in [0.15, 0.2) is 30.3 Å². The van der Waals surface area contributed by atoms with Gasteiger partial charge in [0, 0.05) is 25.2 Å². The van der Waals surface area contributed by atoms with Crippen LogP contribution in [-0.2, 0) is 4.74 Å². The molecule has 1 heterocycles. The quantitative estimate of drug-likeness (QED) is 0.868. The first-order valence-electron chi connectivity index (χ1n) is 6.93. The fraction of sp³-hybridized carbons (Fsp3) is 0.600. The van der Waals surface area contributed by atoms with Crippen molar-refractivity contribution in [2.24, 2.45) is 5.73 Å². The molecule has 0 aliphatic carbocycles. The Kier molecular flexibility index (Phi) is 5.17. The average Bonchev–Trinajstić information content (AvgIpc) is 2.46. The third kappa shape index (κ3) is 3.55.